The summed E-state index contributed by atoms with van der Waals surface area (Å²) in [5.74, 6) is 1.39. The van der Waals surface area contributed by atoms with E-state index in [0.29, 0.717) is 17.9 Å². The van der Waals surface area contributed by atoms with Gasteiger partial charge in [-0.15, -0.1) is 24.0 Å². The fourth-order valence-corrected chi connectivity index (χ4v) is 2.35. The molecule has 1 fully saturated rings. The van der Waals surface area contributed by atoms with E-state index in [1.165, 1.54) is 6.42 Å². The number of guanidine groups is 1. The summed E-state index contributed by atoms with van der Waals surface area (Å²) in [7, 11) is 3.49. The summed E-state index contributed by atoms with van der Waals surface area (Å²) >= 11 is 0. The average Bonchev–Trinajstić information content (AvgIpc) is 3.00. The predicted molar refractivity (Wildman–Crippen MR) is 110 cm³/mol. The molecule has 0 bridgehead atoms. The van der Waals surface area contributed by atoms with Gasteiger partial charge in [0.15, 0.2) is 5.96 Å². The van der Waals surface area contributed by atoms with Crippen molar-refractivity contribution in [2.24, 2.45) is 10.9 Å². The number of nitrogens with zero attached hydrogens (tertiary/aromatic N) is 2. The van der Waals surface area contributed by atoms with Crippen molar-refractivity contribution in [2.45, 2.75) is 58.6 Å². The molecule has 1 saturated heterocycles. The first kappa shape index (κ1) is 23.4. The number of amides is 1. The van der Waals surface area contributed by atoms with E-state index in [9.17, 15) is 4.79 Å². The maximum absolute atomic E-state index is 11.7. The van der Waals surface area contributed by atoms with Crippen LogP contribution in [0.2, 0.25) is 0 Å². The van der Waals surface area contributed by atoms with Gasteiger partial charge < -0.3 is 20.3 Å². The van der Waals surface area contributed by atoms with Crippen LogP contribution in [0.15, 0.2) is 4.99 Å². The standard InChI is InChI=1S/C17H34N4O2.HI/c1-13(2)8-9-14(3)20-17(19-12-16(22)21(4)5)18-11-15-7-6-10-23-15;/h13-15H,6-12H2,1-5H3,(H2,18,19,20);1H. The third kappa shape index (κ3) is 10.3. The Morgan fingerprint density at radius 3 is 2.54 bits per heavy atom. The lowest BCUT2D eigenvalue weighted by Gasteiger charge is -2.20. The molecule has 1 aliphatic rings. The molecule has 2 N–H and O–H groups in total. The maximum Gasteiger partial charge on any atom is 0.243 e. The monoisotopic (exact) mass is 454 g/mol. The lowest BCUT2D eigenvalue weighted by atomic mass is 10.0. The van der Waals surface area contributed by atoms with E-state index in [4.69, 9.17) is 4.74 Å². The average molecular weight is 454 g/mol. The van der Waals surface area contributed by atoms with Crippen LogP contribution in [0.25, 0.3) is 0 Å². The van der Waals surface area contributed by atoms with Gasteiger partial charge >= 0.3 is 0 Å². The first-order chi connectivity index (χ1) is 10.9. The number of aliphatic imine (C=N–C) groups is 1. The van der Waals surface area contributed by atoms with Crippen LogP contribution in [0.4, 0.5) is 0 Å². The van der Waals surface area contributed by atoms with E-state index < -0.39 is 0 Å². The fourth-order valence-electron chi connectivity index (χ4n) is 2.35. The molecule has 142 valence electrons. The second kappa shape index (κ2) is 12.7. The number of nitrogens with one attached hydrogen (secondary N) is 2. The van der Waals surface area contributed by atoms with Gasteiger partial charge in [0.05, 0.1) is 6.10 Å². The topological polar surface area (TPSA) is 66.0 Å². The number of likely N-dealkylation sites (N-methyl/N-ethyl adjacent to an activating group) is 1. The highest BCUT2D eigenvalue weighted by atomic mass is 127. The van der Waals surface area contributed by atoms with Crippen LogP contribution in [0.5, 0.6) is 0 Å². The molecule has 0 radical (unpaired) electrons. The Morgan fingerprint density at radius 2 is 2.00 bits per heavy atom. The van der Waals surface area contributed by atoms with Crippen LogP contribution in [0.3, 0.4) is 0 Å². The number of hydrogen-bond acceptors (Lipinski definition) is 3. The number of hydrogen-bond donors (Lipinski definition) is 2. The number of rotatable bonds is 8. The second-order valence-electron chi connectivity index (χ2n) is 6.99. The van der Waals surface area contributed by atoms with Crippen LogP contribution >= 0.6 is 24.0 Å². The quantitative estimate of drug-likeness (QED) is 0.336. The van der Waals surface area contributed by atoms with Crippen molar-refractivity contribution in [3.05, 3.63) is 0 Å². The van der Waals surface area contributed by atoms with E-state index >= 15 is 0 Å². The zero-order valence-corrected chi connectivity index (χ0v) is 18.1. The maximum atomic E-state index is 11.7. The number of carbonyl (C=O) groups excluding carboxylic acids is 1. The van der Waals surface area contributed by atoms with E-state index in [1.54, 1.807) is 19.0 Å². The van der Waals surface area contributed by atoms with Gasteiger partial charge in [-0.25, -0.2) is 4.99 Å². The molecule has 0 aliphatic carbocycles. The number of ether oxygens (including phenoxy) is 1. The van der Waals surface area contributed by atoms with Gasteiger partial charge in [0, 0.05) is 33.3 Å². The third-order valence-electron chi connectivity index (χ3n) is 3.95. The highest BCUT2D eigenvalue weighted by Gasteiger charge is 2.16. The van der Waals surface area contributed by atoms with E-state index in [2.05, 4.69) is 36.4 Å². The molecule has 24 heavy (non-hydrogen) atoms. The van der Waals surface area contributed by atoms with E-state index in [-0.39, 0.29) is 42.5 Å². The molecule has 2 atom stereocenters. The Labute approximate surface area is 164 Å². The molecule has 1 heterocycles. The fraction of sp³-hybridized carbons (Fsp3) is 0.882. The van der Waals surface area contributed by atoms with Gasteiger partial charge in [-0.3, -0.25) is 4.79 Å². The van der Waals surface area contributed by atoms with Crippen LogP contribution in [-0.2, 0) is 9.53 Å². The van der Waals surface area contributed by atoms with Crippen molar-refractivity contribution in [1.29, 1.82) is 0 Å². The SMILES string of the molecule is CC(C)CCC(C)NC(=NCC(=O)N(C)C)NCC1CCCO1.I. The minimum absolute atomic E-state index is 0. The van der Waals surface area contributed by atoms with Gasteiger partial charge in [0.1, 0.15) is 6.54 Å². The molecule has 0 aromatic rings. The summed E-state index contributed by atoms with van der Waals surface area (Å²) in [6.45, 7) is 8.35. The van der Waals surface area contributed by atoms with Crippen molar-refractivity contribution >= 4 is 35.8 Å². The van der Waals surface area contributed by atoms with E-state index in [0.717, 1.165) is 32.4 Å². The van der Waals surface area contributed by atoms with Crippen molar-refractivity contribution in [2.75, 3.05) is 33.8 Å². The van der Waals surface area contributed by atoms with Crippen molar-refractivity contribution in [3.8, 4) is 0 Å². The highest BCUT2D eigenvalue weighted by Crippen LogP contribution is 2.10. The van der Waals surface area contributed by atoms with Gasteiger partial charge in [0.25, 0.3) is 0 Å². The lowest BCUT2D eigenvalue weighted by Crippen LogP contribution is -2.45. The molecule has 7 heteroatoms. The predicted octanol–water partition coefficient (Wildman–Crippen LogP) is 2.23. The zero-order valence-electron chi connectivity index (χ0n) is 15.8. The largest absolute Gasteiger partial charge is 0.376 e. The zero-order chi connectivity index (χ0) is 17.2. The molecule has 2 unspecified atom stereocenters. The molecule has 0 aromatic heterocycles. The first-order valence-corrected chi connectivity index (χ1v) is 8.75. The molecule has 6 nitrogen and oxygen atoms in total. The normalized spacial score (nSPS) is 18.9. The molecule has 1 rings (SSSR count). The molecule has 1 amide bonds. The van der Waals surface area contributed by atoms with Gasteiger partial charge in [-0.1, -0.05) is 13.8 Å². The summed E-state index contributed by atoms with van der Waals surface area (Å²) in [5, 5.41) is 6.72. The summed E-state index contributed by atoms with van der Waals surface area (Å²) in [6.07, 6.45) is 4.71. The summed E-state index contributed by atoms with van der Waals surface area (Å²) in [6, 6.07) is 0.322. The summed E-state index contributed by atoms with van der Waals surface area (Å²) < 4.78 is 5.63. The van der Waals surface area contributed by atoms with Gasteiger partial charge in [-0.05, 0) is 38.5 Å². The van der Waals surface area contributed by atoms with Crippen molar-refractivity contribution in [1.82, 2.24) is 15.5 Å². The Kier molecular flexibility index (Phi) is 12.4. The summed E-state index contributed by atoms with van der Waals surface area (Å²) in [4.78, 5) is 17.7. The Bertz CT molecular complexity index is 383. The van der Waals surface area contributed by atoms with Crippen LogP contribution in [0.1, 0.15) is 46.5 Å². The lowest BCUT2D eigenvalue weighted by molar-refractivity contribution is -0.127. The minimum Gasteiger partial charge on any atom is -0.376 e. The van der Waals surface area contributed by atoms with Crippen LogP contribution in [-0.4, -0.2) is 62.7 Å². The van der Waals surface area contributed by atoms with Crippen molar-refractivity contribution in [3.63, 3.8) is 0 Å². The van der Waals surface area contributed by atoms with Gasteiger partial charge in [0.2, 0.25) is 5.91 Å². The Hall–Kier alpha value is -0.570. The molecule has 0 spiro atoms. The molecular formula is C17H35IN4O2. The second-order valence-corrected chi connectivity index (χ2v) is 6.99. The molecule has 0 saturated carbocycles. The summed E-state index contributed by atoms with van der Waals surface area (Å²) in [5.41, 5.74) is 0. The van der Waals surface area contributed by atoms with Crippen LogP contribution in [0, 0.1) is 5.92 Å². The molecular weight excluding hydrogens is 419 g/mol. The Balaban J connectivity index is 0.00000529. The van der Waals surface area contributed by atoms with Crippen LogP contribution < -0.4 is 10.6 Å². The number of halogens is 1. The molecule has 0 aromatic carbocycles. The number of carbonyl (C=O) groups is 1. The molecule has 1 aliphatic heterocycles. The Morgan fingerprint density at radius 1 is 1.29 bits per heavy atom. The van der Waals surface area contributed by atoms with Crippen molar-refractivity contribution < 1.29 is 9.53 Å². The van der Waals surface area contributed by atoms with Gasteiger partial charge in [-0.2, -0.15) is 0 Å². The first-order valence-electron chi connectivity index (χ1n) is 8.75. The highest BCUT2D eigenvalue weighted by molar-refractivity contribution is 14.0. The third-order valence-corrected chi connectivity index (χ3v) is 3.95. The minimum atomic E-state index is -0.00181. The smallest absolute Gasteiger partial charge is 0.243 e. The van der Waals surface area contributed by atoms with E-state index in [1.807, 2.05) is 0 Å².